The molecule has 30 heavy (non-hydrogen) atoms. The molecule has 0 saturated carbocycles. The lowest BCUT2D eigenvalue weighted by atomic mass is 9.95. The summed E-state index contributed by atoms with van der Waals surface area (Å²) in [4.78, 5) is 23.0. The summed E-state index contributed by atoms with van der Waals surface area (Å²) in [5.41, 5.74) is -1.24. The zero-order chi connectivity index (χ0) is 22.9. The highest BCUT2D eigenvalue weighted by atomic mass is 35.5. The Kier molecular flexibility index (Phi) is 7.41. The van der Waals surface area contributed by atoms with E-state index >= 15 is 0 Å². The number of carboxylic acid groups (broad SMARTS) is 1. The summed E-state index contributed by atoms with van der Waals surface area (Å²) >= 11 is 5.54. The van der Waals surface area contributed by atoms with Crippen LogP contribution in [0.4, 0.5) is 13.2 Å². The fourth-order valence-electron chi connectivity index (χ4n) is 3.17. The number of aliphatic carboxylic acids is 1. The second-order valence-corrected chi connectivity index (χ2v) is 9.73. The number of carbonyl (C=O) groups is 2. The van der Waals surface area contributed by atoms with E-state index in [1.807, 2.05) is 0 Å². The molecule has 168 valence electrons. The van der Waals surface area contributed by atoms with Crippen molar-refractivity contribution in [3.63, 3.8) is 0 Å². The van der Waals surface area contributed by atoms with Crippen molar-refractivity contribution >= 4 is 33.5 Å². The largest absolute Gasteiger partial charge is 0.480 e. The minimum absolute atomic E-state index is 0.0795. The van der Waals surface area contributed by atoms with E-state index in [9.17, 15) is 36.3 Å². The van der Waals surface area contributed by atoms with Gasteiger partial charge in [0.15, 0.2) is 0 Å². The van der Waals surface area contributed by atoms with Gasteiger partial charge in [-0.1, -0.05) is 25.4 Å². The number of sulfonamides is 1. The lowest BCUT2D eigenvalue weighted by Crippen LogP contribution is -2.49. The number of rotatable bonds is 6. The lowest BCUT2D eigenvalue weighted by molar-refractivity contribution is -0.144. The van der Waals surface area contributed by atoms with Crippen LogP contribution in [0.25, 0.3) is 0 Å². The van der Waals surface area contributed by atoms with Crippen molar-refractivity contribution in [2.45, 2.75) is 43.8 Å². The Balaban J connectivity index is 2.11. The minimum atomic E-state index is -4.80. The molecule has 0 spiro atoms. The molecule has 1 atom stereocenters. The van der Waals surface area contributed by atoms with E-state index in [0.717, 1.165) is 16.4 Å². The molecule has 1 saturated heterocycles. The zero-order valence-electron chi connectivity index (χ0n) is 16.2. The molecule has 1 aromatic rings. The van der Waals surface area contributed by atoms with Crippen LogP contribution in [0, 0.1) is 11.8 Å². The summed E-state index contributed by atoms with van der Waals surface area (Å²) in [5, 5.41) is 11.0. The van der Waals surface area contributed by atoms with E-state index in [-0.39, 0.29) is 31.8 Å². The predicted octanol–water partition coefficient (Wildman–Crippen LogP) is 2.98. The summed E-state index contributed by atoms with van der Waals surface area (Å²) in [6.07, 6.45) is -4.56. The molecular formula is C18H22ClF3N2O5S. The number of nitrogens with zero attached hydrogens (tertiary/aromatic N) is 1. The molecule has 1 aliphatic heterocycles. The van der Waals surface area contributed by atoms with Gasteiger partial charge in [-0.2, -0.15) is 17.5 Å². The smallest absolute Gasteiger partial charge is 0.417 e. The standard InChI is InChI=1S/C18H22ClF3N2O5S/c1-10(2)15(17(26)27)23-16(25)11-5-7-24(8-6-11)30(28,29)12-3-4-14(19)13(9-12)18(20,21)22/h3-4,9-11,15H,5-8H2,1-2H3,(H,23,25)(H,26,27)/t15-/m0/s1. The van der Waals surface area contributed by atoms with Gasteiger partial charge in [-0.15, -0.1) is 0 Å². The number of halogens is 4. The van der Waals surface area contributed by atoms with Crippen LogP contribution in [0.1, 0.15) is 32.3 Å². The molecule has 1 fully saturated rings. The van der Waals surface area contributed by atoms with Gasteiger partial charge in [0.25, 0.3) is 0 Å². The molecule has 7 nitrogen and oxygen atoms in total. The van der Waals surface area contributed by atoms with E-state index in [2.05, 4.69) is 5.32 Å². The first-order chi connectivity index (χ1) is 13.7. The van der Waals surface area contributed by atoms with Gasteiger partial charge in [-0.25, -0.2) is 13.2 Å². The number of carboxylic acids is 1. The minimum Gasteiger partial charge on any atom is -0.480 e. The Morgan fingerprint density at radius 2 is 1.80 bits per heavy atom. The molecule has 0 radical (unpaired) electrons. The van der Waals surface area contributed by atoms with Crippen LogP contribution in [0.3, 0.4) is 0 Å². The molecule has 1 aromatic carbocycles. The van der Waals surface area contributed by atoms with Gasteiger partial charge in [0, 0.05) is 19.0 Å². The number of alkyl halides is 3. The molecule has 1 amide bonds. The van der Waals surface area contributed by atoms with Crippen molar-refractivity contribution < 1.29 is 36.3 Å². The Bertz CT molecular complexity index is 913. The van der Waals surface area contributed by atoms with Gasteiger partial charge in [-0.05, 0) is 37.0 Å². The number of amides is 1. The van der Waals surface area contributed by atoms with Crippen molar-refractivity contribution in [1.29, 1.82) is 0 Å². The van der Waals surface area contributed by atoms with Crippen molar-refractivity contribution in [3.05, 3.63) is 28.8 Å². The van der Waals surface area contributed by atoms with E-state index in [1.54, 1.807) is 13.8 Å². The molecule has 0 aromatic heterocycles. The van der Waals surface area contributed by atoms with Gasteiger partial charge < -0.3 is 10.4 Å². The molecule has 0 aliphatic carbocycles. The van der Waals surface area contributed by atoms with E-state index in [0.29, 0.717) is 6.07 Å². The third-order valence-corrected chi connectivity index (χ3v) is 7.16. The monoisotopic (exact) mass is 470 g/mol. The molecule has 2 N–H and O–H groups in total. The first-order valence-corrected chi connectivity index (χ1v) is 11.0. The molecule has 0 unspecified atom stereocenters. The Morgan fingerprint density at radius 1 is 1.23 bits per heavy atom. The Labute approximate surface area is 177 Å². The van der Waals surface area contributed by atoms with Crippen LogP contribution >= 0.6 is 11.6 Å². The number of carbonyl (C=O) groups excluding carboxylic acids is 1. The average Bonchev–Trinajstić information content (AvgIpc) is 2.64. The summed E-state index contributed by atoms with van der Waals surface area (Å²) in [6.45, 7) is 3.14. The Hall–Kier alpha value is -1.85. The van der Waals surface area contributed by atoms with E-state index < -0.39 is 55.5 Å². The van der Waals surface area contributed by atoms with Gasteiger partial charge in [-0.3, -0.25) is 4.79 Å². The second-order valence-electron chi connectivity index (χ2n) is 7.39. The molecule has 1 heterocycles. The zero-order valence-corrected chi connectivity index (χ0v) is 17.8. The molecule has 1 aliphatic rings. The van der Waals surface area contributed by atoms with Gasteiger partial charge in [0.05, 0.1) is 15.5 Å². The normalized spacial score (nSPS) is 17.7. The van der Waals surface area contributed by atoms with Crippen LogP contribution in [-0.4, -0.2) is 48.8 Å². The van der Waals surface area contributed by atoms with Crippen LogP contribution in [0.2, 0.25) is 5.02 Å². The number of hydrogen-bond donors (Lipinski definition) is 2. The fourth-order valence-corrected chi connectivity index (χ4v) is 4.90. The van der Waals surface area contributed by atoms with Crippen LogP contribution in [0.15, 0.2) is 23.1 Å². The third kappa shape index (κ3) is 5.44. The summed E-state index contributed by atoms with van der Waals surface area (Å²) in [7, 11) is -4.21. The van der Waals surface area contributed by atoms with E-state index in [4.69, 9.17) is 11.6 Å². The van der Waals surface area contributed by atoms with Gasteiger partial charge in [0.2, 0.25) is 15.9 Å². The number of hydrogen-bond acceptors (Lipinski definition) is 4. The van der Waals surface area contributed by atoms with Crippen LogP contribution < -0.4 is 5.32 Å². The molecule has 12 heteroatoms. The van der Waals surface area contributed by atoms with Crippen molar-refractivity contribution in [1.82, 2.24) is 9.62 Å². The molecular weight excluding hydrogens is 449 g/mol. The number of benzene rings is 1. The second kappa shape index (κ2) is 9.11. The third-order valence-electron chi connectivity index (χ3n) is 4.94. The average molecular weight is 471 g/mol. The van der Waals surface area contributed by atoms with Gasteiger partial charge in [0.1, 0.15) is 6.04 Å². The van der Waals surface area contributed by atoms with Crippen LogP contribution in [-0.2, 0) is 25.8 Å². The van der Waals surface area contributed by atoms with Gasteiger partial charge >= 0.3 is 12.1 Å². The maximum atomic E-state index is 13.0. The maximum absolute atomic E-state index is 13.0. The first-order valence-electron chi connectivity index (χ1n) is 9.15. The highest BCUT2D eigenvalue weighted by molar-refractivity contribution is 7.89. The highest BCUT2D eigenvalue weighted by Gasteiger charge is 2.37. The molecule has 2 rings (SSSR count). The van der Waals surface area contributed by atoms with Crippen LogP contribution in [0.5, 0.6) is 0 Å². The predicted molar refractivity (Wildman–Crippen MR) is 102 cm³/mol. The fraction of sp³-hybridized carbons (Fsp3) is 0.556. The highest BCUT2D eigenvalue weighted by Crippen LogP contribution is 2.36. The Morgan fingerprint density at radius 3 is 2.27 bits per heavy atom. The lowest BCUT2D eigenvalue weighted by Gasteiger charge is -2.31. The first kappa shape index (κ1) is 24.4. The SMILES string of the molecule is CC(C)[C@H](NC(=O)C1CCN(S(=O)(=O)c2ccc(Cl)c(C(F)(F)F)c2)CC1)C(=O)O. The summed E-state index contributed by atoms with van der Waals surface area (Å²) in [6, 6.07) is 1.33. The van der Waals surface area contributed by atoms with Crippen molar-refractivity contribution in [3.8, 4) is 0 Å². The summed E-state index contributed by atoms with van der Waals surface area (Å²) < 4.78 is 65.6. The van der Waals surface area contributed by atoms with E-state index in [1.165, 1.54) is 0 Å². The number of piperidine rings is 1. The summed E-state index contributed by atoms with van der Waals surface area (Å²) in [5.74, 6) is -2.58. The van der Waals surface area contributed by atoms with Crippen molar-refractivity contribution in [2.24, 2.45) is 11.8 Å². The number of nitrogens with one attached hydrogen (secondary N) is 1. The topological polar surface area (TPSA) is 104 Å². The maximum Gasteiger partial charge on any atom is 0.417 e. The van der Waals surface area contributed by atoms with Crippen molar-refractivity contribution in [2.75, 3.05) is 13.1 Å². The molecule has 0 bridgehead atoms. The quantitative estimate of drug-likeness (QED) is 0.665.